The predicted octanol–water partition coefficient (Wildman–Crippen LogP) is 5.89. The Bertz CT molecular complexity index is 641. The highest BCUT2D eigenvalue weighted by Gasteiger charge is 2.14. The van der Waals surface area contributed by atoms with Gasteiger partial charge in [0.2, 0.25) is 0 Å². The number of para-hydroxylation sites is 1. The first-order valence-electron chi connectivity index (χ1n) is 6.57. The summed E-state index contributed by atoms with van der Waals surface area (Å²) >= 11 is 18.5. The number of hydrogen-bond acceptors (Lipinski definition) is 2. The van der Waals surface area contributed by atoms with E-state index in [1.165, 1.54) is 0 Å². The van der Waals surface area contributed by atoms with Crippen LogP contribution in [-0.4, -0.2) is 14.1 Å². The molecule has 2 nitrogen and oxygen atoms in total. The SMILES string of the molecule is CC(Nc1cccc(Cl)c1N(C)C)c1ccc(Cl)cc1Cl. The summed E-state index contributed by atoms with van der Waals surface area (Å²) < 4.78 is 0. The van der Waals surface area contributed by atoms with E-state index in [0.717, 1.165) is 16.9 Å². The molecule has 0 fully saturated rings. The molecule has 2 aromatic rings. The molecule has 0 saturated carbocycles. The molecule has 0 heterocycles. The van der Waals surface area contributed by atoms with Crippen LogP contribution in [-0.2, 0) is 0 Å². The van der Waals surface area contributed by atoms with Crippen molar-refractivity contribution in [3.05, 3.63) is 57.0 Å². The maximum Gasteiger partial charge on any atom is 0.0786 e. The van der Waals surface area contributed by atoms with Gasteiger partial charge in [0.15, 0.2) is 0 Å². The second-order valence-electron chi connectivity index (χ2n) is 5.06. The topological polar surface area (TPSA) is 15.3 Å². The van der Waals surface area contributed by atoms with E-state index in [4.69, 9.17) is 34.8 Å². The van der Waals surface area contributed by atoms with Crippen LogP contribution in [0.3, 0.4) is 0 Å². The summed E-state index contributed by atoms with van der Waals surface area (Å²) in [5.74, 6) is 0. The Labute approximate surface area is 140 Å². The molecule has 0 bridgehead atoms. The smallest absolute Gasteiger partial charge is 0.0786 e. The molecule has 0 amide bonds. The first kappa shape index (κ1) is 16.3. The molecular formula is C16H17Cl3N2. The van der Waals surface area contributed by atoms with E-state index in [1.807, 2.05) is 49.3 Å². The van der Waals surface area contributed by atoms with Crippen LogP contribution in [0.4, 0.5) is 11.4 Å². The van der Waals surface area contributed by atoms with Crippen molar-refractivity contribution in [2.24, 2.45) is 0 Å². The molecule has 2 aromatic carbocycles. The first-order valence-corrected chi connectivity index (χ1v) is 7.71. The number of hydrogen-bond donors (Lipinski definition) is 1. The average molecular weight is 344 g/mol. The quantitative estimate of drug-likeness (QED) is 0.745. The van der Waals surface area contributed by atoms with Gasteiger partial charge in [0.1, 0.15) is 0 Å². The standard InChI is InChI=1S/C16H17Cl3N2/c1-10(12-8-7-11(17)9-14(12)19)20-15-6-4-5-13(18)16(15)21(2)3/h4-10,20H,1-3H3. The lowest BCUT2D eigenvalue weighted by Gasteiger charge is -2.23. The number of halogens is 3. The highest BCUT2D eigenvalue weighted by Crippen LogP contribution is 2.36. The zero-order valence-corrected chi connectivity index (χ0v) is 14.4. The van der Waals surface area contributed by atoms with Gasteiger partial charge in [0, 0.05) is 24.1 Å². The van der Waals surface area contributed by atoms with Crippen LogP contribution in [0.1, 0.15) is 18.5 Å². The Kier molecular flexibility index (Phi) is 5.26. The highest BCUT2D eigenvalue weighted by molar-refractivity contribution is 6.35. The van der Waals surface area contributed by atoms with Crippen molar-refractivity contribution in [3.63, 3.8) is 0 Å². The van der Waals surface area contributed by atoms with Crippen molar-refractivity contribution >= 4 is 46.2 Å². The summed E-state index contributed by atoms with van der Waals surface area (Å²) in [4.78, 5) is 1.99. The van der Waals surface area contributed by atoms with E-state index in [9.17, 15) is 0 Å². The molecule has 0 aliphatic heterocycles. The fourth-order valence-corrected chi connectivity index (χ4v) is 3.17. The van der Waals surface area contributed by atoms with E-state index in [1.54, 1.807) is 6.07 Å². The minimum Gasteiger partial charge on any atom is -0.377 e. The maximum atomic E-state index is 6.28. The van der Waals surface area contributed by atoms with Gasteiger partial charge < -0.3 is 10.2 Å². The predicted molar refractivity (Wildman–Crippen MR) is 94.3 cm³/mol. The molecule has 5 heteroatoms. The van der Waals surface area contributed by atoms with Crippen molar-refractivity contribution in [2.45, 2.75) is 13.0 Å². The van der Waals surface area contributed by atoms with Gasteiger partial charge in [0.05, 0.1) is 22.4 Å². The molecule has 0 aromatic heterocycles. The van der Waals surface area contributed by atoms with Gasteiger partial charge in [0.25, 0.3) is 0 Å². The summed E-state index contributed by atoms with van der Waals surface area (Å²) in [6.07, 6.45) is 0. The number of anilines is 2. The summed E-state index contributed by atoms with van der Waals surface area (Å²) in [5, 5.41) is 5.44. The zero-order chi connectivity index (χ0) is 15.6. The lowest BCUT2D eigenvalue weighted by molar-refractivity contribution is 0.883. The molecule has 0 saturated heterocycles. The van der Waals surface area contributed by atoms with E-state index < -0.39 is 0 Å². The Morgan fingerprint density at radius 3 is 2.33 bits per heavy atom. The van der Waals surface area contributed by atoms with Crippen LogP contribution < -0.4 is 10.2 Å². The number of nitrogens with one attached hydrogen (secondary N) is 1. The Morgan fingerprint density at radius 2 is 1.71 bits per heavy atom. The number of rotatable bonds is 4. The molecule has 1 unspecified atom stereocenters. The molecule has 0 spiro atoms. The number of benzene rings is 2. The van der Waals surface area contributed by atoms with Gasteiger partial charge in [-0.2, -0.15) is 0 Å². The normalized spacial score (nSPS) is 12.1. The molecule has 0 radical (unpaired) electrons. The third-order valence-corrected chi connectivity index (χ3v) is 4.10. The molecule has 0 aliphatic carbocycles. The molecule has 1 N–H and O–H groups in total. The maximum absolute atomic E-state index is 6.28. The van der Waals surface area contributed by atoms with E-state index in [0.29, 0.717) is 15.1 Å². The molecule has 2 rings (SSSR count). The van der Waals surface area contributed by atoms with Crippen LogP contribution in [0.25, 0.3) is 0 Å². The summed E-state index contributed by atoms with van der Waals surface area (Å²) in [6, 6.07) is 11.4. The van der Waals surface area contributed by atoms with Crippen LogP contribution >= 0.6 is 34.8 Å². The van der Waals surface area contributed by atoms with Crippen molar-refractivity contribution in [1.29, 1.82) is 0 Å². The van der Waals surface area contributed by atoms with Crippen molar-refractivity contribution in [3.8, 4) is 0 Å². The number of nitrogens with zero attached hydrogens (tertiary/aromatic N) is 1. The highest BCUT2D eigenvalue weighted by atomic mass is 35.5. The van der Waals surface area contributed by atoms with Crippen molar-refractivity contribution < 1.29 is 0 Å². The van der Waals surface area contributed by atoms with Crippen LogP contribution in [0.2, 0.25) is 15.1 Å². The van der Waals surface area contributed by atoms with Crippen LogP contribution in [0.5, 0.6) is 0 Å². The fourth-order valence-electron chi connectivity index (χ4n) is 2.25. The largest absolute Gasteiger partial charge is 0.377 e. The fraction of sp³-hybridized carbons (Fsp3) is 0.250. The van der Waals surface area contributed by atoms with Gasteiger partial charge in [-0.15, -0.1) is 0 Å². The average Bonchev–Trinajstić information content (AvgIpc) is 2.37. The molecule has 1 atom stereocenters. The van der Waals surface area contributed by atoms with Crippen molar-refractivity contribution in [1.82, 2.24) is 0 Å². The zero-order valence-electron chi connectivity index (χ0n) is 12.1. The van der Waals surface area contributed by atoms with Gasteiger partial charge in [-0.3, -0.25) is 0 Å². The summed E-state index contributed by atoms with van der Waals surface area (Å²) in [7, 11) is 3.93. The third-order valence-electron chi connectivity index (χ3n) is 3.24. The molecule has 112 valence electrons. The minimum absolute atomic E-state index is 0.0342. The Balaban J connectivity index is 2.31. The van der Waals surface area contributed by atoms with E-state index in [-0.39, 0.29) is 6.04 Å². The second kappa shape index (κ2) is 6.78. The van der Waals surface area contributed by atoms with Gasteiger partial charge in [-0.25, -0.2) is 0 Å². The van der Waals surface area contributed by atoms with Crippen LogP contribution in [0, 0.1) is 0 Å². The monoisotopic (exact) mass is 342 g/mol. The molecular weight excluding hydrogens is 327 g/mol. The lowest BCUT2D eigenvalue weighted by atomic mass is 10.1. The van der Waals surface area contributed by atoms with Gasteiger partial charge in [-0.05, 0) is 36.8 Å². The van der Waals surface area contributed by atoms with Gasteiger partial charge in [-0.1, -0.05) is 46.9 Å². The van der Waals surface area contributed by atoms with Crippen LogP contribution in [0.15, 0.2) is 36.4 Å². The lowest BCUT2D eigenvalue weighted by Crippen LogP contribution is -2.14. The summed E-state index contributed by atoms with van der Waals surface area (Å²) in [5.41, 5.74) is 2.91. The van der Waals surface area contributed by atoms with Crippen molar-refractivity contribution in [2.75, 3.05) is 24.3 Å². The third kappa shape index (κ3) is 3.76. The first-order chi connectivity index (χ1) is 9.90. The van der Waals surface area contributed by atoms with Gasteiger partial charge >= 0.3 is 0 Å². The minimum atomic E-state index is 0.0342. The summed E-state index contributed by atoms with van der Waals surface area (Å²) in [6.45, 7) is 2.05. The van der Waals surface area contributed by atoms with E-state index in [2.05, 4.69) is 12.2 Å². The van der Waals surface area contributed by atoms with E-state index >= 15 is 0 Å². The second-order valence-corrected chi connectivity index (χ2v) is 6.31. The Morgan fingerprint density at radius 1 is 1.00 bits per heavy atom. The molecule has 0 aliphatic rings. The Hall–Kier alpha value is -1.09. The molecule has 21 heavy (non-hydrogen) atoms.